The molecule has 2 amide bonds. The first kappa shape index (κ1) is 11.5. The topological polar surface area (TPSA) is 37.4 Å². The van der Waals surface area contributed by atoms with Gasteiger partial charge in [0.05, 0.1) is 17.5 Å². The predicted octanol–water partition coefficient (Wildman–Crippen LogP) is 2.80. The summed E-state index contributed by atoms with van der Waals surface area (Å²) in [6.07, 6.45) is 5.30. The summed E-state index contributed by atoms with van der Waals surface area (Å²) in [5, 5.41) is 0.594. The first-order valence-electron chi connectivity index (χ1n) is 5.97. The molecule has 0 bridgehead atoms. The van der Waals surface area contributed by atoms with E-state index in [2.05, 4.69) is 0 Å². The van der Waals surface area contributed by atoms with Crippen molar-refractivity contribution >= 4 is 29.1 Å². The maximum Gasteiger partial charge on any atom is 0.238 e. The van der Waals surface area contributed by atoms with Gasteiger partial charge in [-0.3, -0.25) is 14.5 Å². The number of amides is 2. The molecule has 1 saturated heterocycles. The molecule has 1 aromatic rings. The monoisotopic (exact) mass is 261 g/mol. The summed E-state index contributed by atoms with van der Waals surface area (Å²) >= 11 is 5.81. The Morgan fingerprint density at radius 1 is 0.944 bits per heavy atom. The van der Waals surface area contributed by atoms with Crippen molar-refractivity contribution in [2.75, 3.05) is 4.90 Å². The highest BCUT2D eigenvalue weighted by molar-refractivity contribution is 6.30. The SMILES string of the molecule is O=C1[C@H]2CC=CC[C@@H]2C(=O)N1c1ccc(Cl)cc1. The zero-order valence-electron chi connectivity index (χ0n) is 9.67. The zero-order valence-corrected chi connectivity index (χ0v) is 10.4. The second-order valence-corrected chi connectivity index (χ2v) is 5.08. The van der Waals surface area contributed by atoms with E-state index in [-0.39, 0.29) is 23.7 Å². The molecular formula is C14H12ClNO2. The Morgan fingerprint density at radius 2 is 1.44 bits per heavy atom. The molecule has 18 heavy (non-hydrogen) atoms. The molecule has 1 heterocycles. The van der Waals surface area contributed by atoms with Crippen LogP contribution in [0.2, 0.25) is 5.02 Å². The summed E-state index contributed by atoms with van der Waals surface area (Å²) in [5.41, 5.74) is 0.615. The van der Waals surface area contributed by atoms with Gasteiger partial charge in [0.1, 0.15) is 0 Å². The van der Waals surface area contributed by atoms with Gasteiger partial charge in [0.25, 0.3) is 0 Å². The van der Waals surface area contributed by atoms with E-state index in [0.717, 1.165) is 0 Å². The highest BCUT2D eigenvalue weighted by Crippen LogP contribution is 2.37. The Hall–Kier alpha value is -1.61. The van der Waals surface area contributed by atoms with Crippen LogP contribution in [0.25, 0.3) is 0 Å². The highest BCUT2D eigenvalue weighted by Gasteiger charge is 2.47. The largest absolute Gasteiger partial charge is 0.274 e. The quantitative estimate of drug-likeness (QED) is 0.576. The van der Waals surface area contributed by atoms with Gasteiger partial charge in [-0.15, -0.1) is 0 Å². The molecule has 0 N–H and O–H groups in total. The molecule has 92 valence electrons. The minimum absolute atomic E-state index is 0.0864. The average molecular weight is 262 g/mol. The van der Waals surface area contributed by atoms with E-state index in [1.165, 1.54) is 4.90 Å². The van der Waals surface area contributed by atoms with E-state index >= 15 is 0 Å². The molecule has 2 aliphatic rings. The number of nitrogens with zero attached hydrogens (tertiary/aromatic N) is 1. The number of rotatable bonds is 1. The Kier molecular flexibility index (Phi) is 2.71. The number of hydrogen-bond acceptors (Lipinski definition) is 2. The second-order valence-electron chi connectivity index (χ2n) is 4.64. The fraction of sp³-hybridized carbons (Fsp3) is 0.286. The number of benzene rings is 1. The van der Waals surface area contributed by atoms with Crippen LogP contribution in [0.5, 0.6) is 0 Å². The fourth-order valence-corrected chi connectivity index (χ4v) is 2.77. The van der Waals surface area contributed by atoms with E-state index in [1.807, 2.05) is 12.2 Å². The normalized spacial score (nSPS) is 26.6. The Morgan fingerprint density at radius 3 is 1.94 bits per heavy atom. The van der Waals surface area contributed by atoms with Crippen LogP contribution in [0.3, 0.4) is 0 Å². The van der Waals surface area contributed by atoms with Gasteiger partial charge in [0.2, 0.25) is 11.8 Å². The zero-order chi connectivity index (χ0) is 12.7. The van der Waals surface area contributed by atoms with E-state index < -0.39 is 0 Å². The molecule has 1 aliphatic carbocycles. The number of fused-ring (bicyclic) bond motifs is 1. The van der Waals surface area contributed by atoms with Crippen molar-refractivity contribution in [2.45, 2.75) is 12.8 Å². The molecule has 1 aliphatic heterocycles. The Labute approximate surface area is 110 Å². The number of allylic oxidation sites excluding steroid dienone is 2. The molecule has 0 saturated carbocycles. The lowest BCUT2D eigenvalue weighted by atomic mass is 9.85. The predicted molar refractivity (Wildman–Crippen MR) is 69.3 cm³/mol. The lowest BCUT2D eigenvalue weighted by molar-refractivity contribution is -0.122. The van der Waals surface area contributed by atoms with Gasteiger partial charge >= 0.3 is 0 Å². The molecule has 0 unspecified atom stereocenters. The smallest absolute Gasteiger partial charge is 0.238 e. The molecule has 0 aromatic heterocycles. The lowest BCUT2D eigenvalue weighted by Gasteiger charge is -2.14. The standard InChI is InChI=1S/C14H12ClNO2/c15-9-5-7-10(8-6-9)16-13(17)11-3-1-2-4-12(11)14(16)18/h1-2,5-8,11-12H,3-4H2/t11-,12-/m0/s1. The molecule has 3 nitrogen and oxygen atoms in total. The van der Waals surface area contributed by atoms with Gasteiger partial charge < -0.3 is 0 Å². The summed E-state index contributed by atoms with van der Waals surface area (Å²) in [4.78, 5) is 25.9. The van der Waals surface area contributed by atoms with Crippen molar-refractivity contribution in [1.82, 2.24) is 0 Å². The summed E-state index contributed by atoms with van der Waals surface area (Å²) in [7, 11) is 0. The van der Waals surface area contributed by atoms with E-state index in [0.29, 0.717) is 23.6 Å². The molecule has 3 rings (SSSR count). The number of anilines is 1. The molecule has 0 spiro atoms. The van der Waals surface area contributed by atoms with Crippen molar-refractivity contribution in [3.05, 3.63) is 41.4 Å². The summed E-state index contributed by atoms with van der Waals surface area (Å²) < 4.78 is 0. The second kappa shape index (κ2) is 4.25. The number of imide groups is 1. The van der Waals surface area contributed by atoms with E-state index in [9.17, 15) is 9.59 Å². The Balaban J connectivity index is 1.96. The molecule has 1 fully saturated rings. The van der Waals surface area contributed by atoms with Gasteiger partial charge in [-0.1, -0.05) is 23.8 Å². The van der Waals surface area contributed by atoms with Crippen molar-refractivity contribution in [3.63, 3.8) is 0 Å². The maximum atomic E-state index is 12.3. The van der Waals surface area contributed by atoms with E-state index in [1.54, 1.807) is 24.3 Å². The van der Waals surface area contributed by atoms with Gasteiger partial charge in [-0.25, -0.2) is 0 Å². The first-order chi connectivity index (χ1) is 8.68. The summed E-state index contributed by atoms with van der Waals surface area (Å²) in [6.45, 7) is 0. The highest BCUT2D eigenvalue weighted by atomic mass is 35.5. The van der Waals surface area contributed by atoms with Crippen LogP contribution in [0.1, 0.15) is 12.8 Å². The van der Waals surface area contributed by atoms with Crippen LogP contribution >= 0.6 is 11.6 Å². The third kappa shape index (κ3) is 1.66. The van der Waals surface area contributed by atoms with Gasteiger partial charge in [0, 0.05) is 5.02 Å². The van der Waals surface area contributed by atoms with Gasteiger partial charge in [0.15, 0.2) is 0 Å². The van der Waals surface area contributed by atoms with Crippen molar-refractivity contribution in [1.29, 1.82) is 0 Å². The van der Waals surface area contributed by atoms with Gasteiger partial charge in [-0.2, -0.15) is 0 Å². The molecule has 2 atom stereocenters. The minimum atomic E-state index is -0.182. The number of halogens is 1. The average Bonchev–Trinajstić information content (AvgIpc) is 2.64. The van der Waals surface area contributed by atoms with Crippen LogP contribution < -0.4 is 4.90 Å². The lowest BCUT2D eigenvalue weighted by Crippen LogP contribution is -2.30. The number of carbonyl (C=O) groups excluding carboxylic acids is 2. The minimum Gasteiger partial charge on any atom is -0.274 e. The van der Waals surface area contributed by atoms with E-state index in [4.69, 9.17) is 11.6 Å². The molecule has 1 aromatic carbocycles. The van der Waals surface area contributed by atoms with Crippen LogP contribution in [0.4, 0.5) is 5.69 Å². The number of hydrogen-bond donors (Lipinski definition) is 0. The Bertz CT molecular complexity index is 509. The van der Waals surface area contributed by atoms with Crippen LogP contribution in [-0.2, 0) is 9.59 Å². The fourth-order valence-electron chi connectivity index (χ4n) is 2.64. The maximum absolute atomic E-state index is 12.3. The molecule has 4 heteroatoms. The molecular weight excluding hydrogens is 250 g/mol. The van der Waals surface area contributed by atoms with Crippen molar-refractivity contribution in [3.8, 4) is 0 Å². The van der Waals surface area contributed by atoms with Crippen LogP contribution in [0, 0.1) is 11.8 Å². The van der Waals surface area contributed by atoms with Gasteiger partial charge in [-0.05, 0) is 37.1 Å². The number of carbonyl (C=O) groups is 2. The summed E-state index contributed by atoms with van der Waals surface area (Å²) in [6, 6.07) is 6.81. The summed E-state index contributed by atoms with van der Waals surface area (Å²) in [5.74, 6) is -0.537. The van der Waals surface area contributed by atoms with Crippen LogP contribution in [-0.4, -0.2) is 11.8 Å². The first-order valence-corrected chi connectivity index (χ1v) is 6.34. The molecule has 0 radical (unpaired) electrons. The third-order valence-electron chi connectivity index (χ3n) is 3.59. The van der Waals surface area contributed by atoms with Crippen LogP contribution in [0.15, 0.2) is 36.4 Å². The third-order valence-corrected chi connectivity index (χ3v) is 3.84. The van der Waals surface area contributed by atoms with Crippen molar-refractivity contribution < 1.29 is 9.59 Å². The van der Waals surface area contributed by atoms with Crippen molar-refractivity contribution in [2.24, 2.45) is 11.8 Å².